The zero-order valence-electron chi connectivity index (χ0n) is 14.0. The lowest BCUT2D eigenvalue weighted by molar-refractivity contribution is 0.0526. The summed E-state index contributed by atoms with van der Waals surface area (Å²) < 4.78 is 10.9. The molecule has 1 fully saturated rings. The fourth-order valence-corrected chi connectivity index (χ4v) is 4.76. The van der Waals surface area contributed by atoms with Crippen molar-refractivity contribution in [3.05, 3.63) is 16.0 Å². The molecule has 1 atom stereocenters. The molecule has 3 rings (SSSR count). The van der Waals surface area contributed by atoms with Gasteiger partial charge >= 0.3 is 5.97 Å². The van der Waals surface area contributed by atoms with Crippen LogP contribution in [0.2, 0.25) is 0 Å². The number of esters is 1. The van der Waals surface area contributed by atoms with Gasteiger partial charge in [-0.25, -0.2) is 4.79 Å². The van der Waals surface area contributed by atoms with Gasteiger partial charge in [0.1, 0.15) is 5.00 Å². The van der Waals surface area contributed by atoms with Gasteiger partial charge in [-0.2, -0.15) is 0 Å². The van der Waals surface area contributed by atoms with Gasteiger partial charge in [0.25, 0.3) is 0 Å². The van der Waals surface area contributed by atoms with Crippen LogP contribution >= 0.6 is 23.6 Å². The predicted molar refractivity (Wildman–Crippen MR) is 100 cm³/mol. The van der Waals surface area contributed by atoms with E-state index in [4.69, 9.17) is 21.7 Å². The number of thiophene rings is 1. The van der Waals surface area contributed by atoms with Gasteiger partial charge in [0.15, 0.2) is 5.11 Å². The molecule has 132 valence electrons. The lowest BCUT2D eigenvalue weighted by Crippen LogP contribution is -2.35. The van der Waals surface area contributed by atoms with Crippen molar-refractivity contribution in [2.75, 3.05) is 25.1 Å². The maximum absolute atomic E-state index is 12.4. The van der Waals surface area contributed by atoms with Crippen molar-refractivity contribution in [2.24, 2.45) is 0 Å². The minimum absolute atomic E-state index is 0.228. The lowest BCUT2D eigenvalue weighted by Gasteiger charge is -2.14. The van der Waals surface area contributed by atoms with Crippen molar-refractivity contribution in [1.29, 1.82) is 0 Å². The van der Waals surface area contributed by atoms with Crippen LogP contribution in [0, 0.1) is 0 Å². The summed E-state index contributed by atoms with van der Waals surface area (Å²) in [6.07, 6.45) is 6.68. The fourth-order valence-electron chi connectivity index (χ4n) is 3.23. The largest absolute Gasteiger partial charge is 0.462 e. The van der Waals surface area contributed by atoms with Crippen LogP contribution in [0.15, 0.2) is 0 Å². The second-order valence-corrected chi connectivity index (χ2v) is 7.62. The molecular weight excluding hydrogens is 344 g/mol. The molecule has 0 saturated carbocycles. The van der Waals surface area contributed by atoms with Crippen LogP contribution in [-0.4, -0.2) is 36.9 Å². The first kappa shape index (κ1) is 17.6. The van der Waals surface area contributed by atoms with Gasteiger partial charge < -0.3 is 20.1 Å². The van der Waals surface area contributed by atoms with Crippen molar-refractivity contribution in [3.8, 4) is 0 Å². The summed E-state index contributed by atoms with van der Waals surface area (Å²) in [6, 6.07) is 0. The normalized spacial score (nSPS) is 19.6. The monoisotopic (exact) mass is 368 g/mol. The Morgan fingerprint density at radius 3 is 2.96 bits per heavy atom. The summed E-state index contributed by atoms with van der Waals surface area (Å²) in [4.78, 5) is 13.7. The van der Waals surface area contributed by atoms with E-state index in [2.05, 4.69) is 10.6 Å². The fraction of sp³-hybridized carbons (Fsp3) is 0.647. The van der Waals surface area contributed by atoms with E-state index >= 15 is 0 Å². The zero-order valence-corrected chi connectivity index (χ0v) is 15.6. The van der Waals surface area contributed by atoms with Gasteiger partial charge in [-0.05, 0) is 63.2 Å². The Morgan fingerprint density at radius 2 is 2.21 bits per heavy atom. The molecule has 1 saturated heterocycles. The van der Waals surface area contributed by atoms with Crippen molar-refractivity contribution in [1.82, 2.24) is 5.32 Å². The highest BCUT2D eigenvalue weighted by Crippen LogP contribution is 2.38. The van der Waals surface area contributed by atoms with Gasteiger partial charge in [0, 0.05) is 18.0 Å². The molecule has 0 aromatic carbocycles. The van der Waals surface area contributed by atoms with E-state index < -0.39 is 0 Å². The third kappa shape index (κ3) is 4.07. The number of rotatable bonds is 5. The number of anilines is 1. The molecule has 1 aromatic heterocycles. The molecule has 5 nitrogen and oxygen atoms in total. The third-order valence-electron chi connectivity index (χ3n) is 4.39. The summed E-state index contributed by atoms with van der Waals surface area (Å²) >= 11 is 7.03. The standard InChI is InChI=1S/C17H24N2O3S2/c1-2-21-16(20)14-12-7-3-4-8-13(12)24-15(14)19-17(23)18-10-11-6-5-9-22-11/h11H,2-10H2,1H3,(H2,18,19,23). The molecule has 0 amide bonds. The maximum Gasteiger partial charge on any atom is 0.341 e. The summed E-state index contributed by atoms with van der Waals surface area (Å²) in [5, 5.41) is 7.76. The molecule has 0 spiro atoms. The second kappa shape index (κ2) is 8.27. The van der Waals surface area contributed by atoms with Gasteiger partial charge in [-0.3, -0.25) is 0 Å². The number of ether oxygens (including phenoxy) is 2. The van der Waals surface area contributed by atoms with E-state index in [0.29, 0.717) is 23.8 Å². The van der Waals surface area contributed by atoms with Crippen LogP contribution in [0.4, 0.5) is 5.00 Å². The number of hydrogen-bond donors (Lipinski definition) is 2. The van der Waals surface area contributed by atoms with E-state index in [9.17, 15) is 4.79 Å². The van der Waals surface area contributed by atoms with E-state index in [1.54, 1.807) is 11.3 Å². The summed E-state index contributed by atoms with van der Waals surface area (Å²) in [6.45, 7) is 3.74. The van der Waals surface area contributed by atoms with Gasteiger partial charge in [0.2, 0.25) is 0 Å². The van der Waals surface area contributed by atoms with E-state index in [1.165, 1.54) is 11.3 Å². The second-order valence-electron chi connectivity index (χ2n) is 6.11. The van der Waals surface area contributed by atoms with E-state index in [-0.39, 0.29) is 12.1 Å². The quantitative estimate of drug-likeness (QED) is 0.614. The van der Waals surface area contributed by atoms with Gasteiger partial charge in [0.05, 0.1) is 18.3 Å². The molecule has 1 aliphatic carbocycles. The molecule has 2 N–H and O–H groups in total. The highest BCUT2D eigenvalue weighted by Gasteiger charge is 2.27. The molecule has 0 bridgehead atoms. The first-order valence-electron chi connectivity index (χ1n) is 8.67. The highest BCUT2D eigenvalue weighted by atomic mass is 32.1. The SMILES string of the molecule is CCOC(=O)c1c(NC(=S)NCC2CCCO2)sc2c1CCCC2. The minimum atomic E-state index is -0.249. The topological polar surface area (TPSA) is 59.6 Å². The maximum atomic E-state index is 12.4. The van der Waals surface area contributed by atoms with Gasteiger partial charge in [-0.1, -0.05) is 0 Å². The Labute approximate surface area is 152 Å². The smallest absolute Gasteiger partial charge is 0.341 e. The van der Waals surface area contributed by atoms with Crippen molar-refractivity contribution in [2.45, 2.75) is 51.6 Å². The van der Waals surface area contributed by atoms with Crippen LogP contribution in [-0.2, 0) is 22.3 Å². The first-order chi connectivity index (χ1) is 11.7. The third-order valence-corrected chi connectivity index (χ3v) is 5.85. The van der Waals surface area contributed by atoms with E-state index in [1.807, 2.05) is 6.92 Å². The Morgan fingerprint density at radius 1 is 1.38 bits per heavy atom. The van der Waals surface area contributed by atoms with Crippen LogP contribution in [0.25, 0.3) is 0 Å². The summed E-state index contributed by atoms with van der Waals surface area (Å²) in [5.41, 5.74) is 1.83. The molecular formula is C17H24N2O3S2. The van der Waals surface area contributed by atoms with E-state index in [0.717, 1.165) is 49.3 Å². The molecule has 24 heavy (non-hydrogen) atoms. The number of nitrogens with one attached hydrogen (secondary N) is 2. The van der Waals surface area contributed by atoms with Gasteiger partial charge in [-0.15, -0.1) is 11.3 Å². The highest BCUT2D eigenvalue weighted by molar-refractivity contribution is 7.80. The number of carbonyl (C=O) groups excluding carboxylic acids is 1. The number of aryl methyl sites for hydroxylation is 1. The average molecular weight is 369 g/mol. The van der Waals surface area contributed by atoms with Crippen molar-refractivity contribution >= 4 is 39.6 Å². The number of hydrogen-bond acceptors (Lipinski definition) is 5. The zero-order chi connectivity index (χ0) is 16.9. The Bertz CT molecular complexity index is 609. The molecule has 1 aliphatic heterocycles. The lowest BCUT2D eigenvalue weighted by atomic mass is 9.95. The first-order valence-corrected chi connectivity index (χ1v) is 9.89. The summed E-state index contributed by atoms with van der Waals surface area (Å²) in [7, 11) is 0. The van der Waals surface area contributed by atoms with Crippen molar-refractivity contribution in [3.63, 3.8) is 0 Å². The molecule has 1 aromatic rings. The average Bonchev–Trinajstić information content (AvgIpc) is 3.20. The number of carbonyl (C=O) groups is 1. The number of thiocarbonyl (C=S) groups is 1. The van der Waals surface area contributed by atoms with Crippen molar-refractivity contribution < 1.29 is 14.3 Å². The molecule has 1 unspecified atom stereocenters. The summed E-state index contributed by atoms with van der Waals surface area (Å²) in [5.74, 6) is -0.249. The molecule has 2 aliphatic rings. The Balaban J connectivity index is 1.70. The minimum Gasteiger partial charge on any atom is -0.462 e. The van der Waals surface area contributed by atoms with Crippen LogP contribution < -0.4 is 10.6 Å². The number of fused-ring (bicyclic) bond motifs is 1. The Kier molecular flexibility index (Phi) is 6.08. The molecule has 7 heteroatoms. The van der Waals surface area contributed by atoms with Crippen LogP contribution in [0.3, 0.4) is 0 Å². The molecule has 0 radical (unpaired) electrons. The Hall–Kier alpha value is -1.18. The van der Waals surface area contributed by atoms with Crippen LogP contribution in [0.1, 0.15) is 53.4 Å². The van der Waals surface area contributed by atoms with Crippen LogP contribution in [0.5, 0.6) is 0 Å². The molecule has 2 heterocycles. The predicted octanol–water partition coefficient (Wildman–Crippen LogP) is 3.27.